The Hall–Kier alpha value is -3.81. The first-order chi connectivity index (χ1) is 13.6. The summed E-state index contributed by atoms with van der Waals surface area (Å²) < 4.78 is 20.5. The Morgan fingerprint density at radius 1 is 1.25 bits per heavy atom. The molecule has 8 heteroatoms. The number of aliphatic imine (C=N–C) groups is 1. The molecule has 0 unspecified atom stereocenters. The lowest BCUT2D eigenvalue weighted by Gasteiger charge is -2.04. The highest BCUT2D eigenvalue weighted by molar-refractivity contribution is 6.45. The van der Waals surface area contributed by atoms with E-state index in [-0.39, 0.29) is 23.8 Å². The molecule has 0 saturated heterocycles. The molecule has 1 aliphatic rings. The van der Waals surface area contributed by atoms with E-state index in [9.17, 15) is 14.0 Å². The number of amides is 2. The number of carbonyl (C=O) groups excluding carboxylic acids is 2. The van der Waals surface area contributed by atoms with Crippen molar-refractivity contribution in [2.45, 2.75) is 6.54 Å². The molecule has 4 rings (SSSR count). The van der Waals surface area contributed by atoms with Gasteiger partial charge in [-0.2, -0.15) is 0 Å². The van der Waals surface area contributed by atoms with Crippen LogP contribution in [0.3, 0.4) is 0 Å². The lowest BCUT2D eigenvalue weighted by atomic mass is 10.2. The smallest absolute Gasteiger partial charge is 0.297 e. The second-order valence-electron chi connectivity index (χ2n) is 6.16. The Morgan fingerprint density at radius 3 is 2.96 bits per heavy atom. The molecule has 0 fully saturated rings. The van der Waals surface area contributed by atoms with Crippen molar-refractivity contribution in [3.8, 4) is 5.75 Å². The normalized spacial score (nSPS) is 14.8. The van der Waals surface area contributed by atoms with Crippen molar-refractivity contribution < 1.29 is 18.7 Å². The molecule has 0 radical (unpaired) electrons. The minimum absolute atomic E-state index is 0.0409. The predicted molar refractivity (Wildman–Crippen MR) is 100 cm³/mol. The topological polar surface area (TPSA) is 85.6 Å². The molecule has 2 heterocycles. The van der Waals surface area contributed by atoms with E-state index in [0.29, 0.717) is 18.0 Å². The molecule has 0 aliphatic carbocycles. The molecule has 1 aliphatic heterocycles. The van der Waals surface area contributed by atoms with Gasteiger partial charge in [-0.1, -0.05) is 24.3 Å². The first-order valence-electron chi connectivity index (χ1n) is 8.50. The van der Waals surface area contributed by atoms with E-state index in [1.54, 1.807) is 41.0 Å². The van der Waals surface area contributed by atoms with E-state index in [2.05, 4.69) is 15.3 Å². The fourth-order valence-corrected chi connectivity index (χ4v) is 2.77. The summed E-state index contributed by atoms with van der Waals surface area (Å²) in [6, 6.07) is 13.1. The maximum atomic E-state index is 13.3. The van der Waals surface area contributed by atoms with Crippen molar-refractivity contribution in [3.05, 3.63) is 78.1 Å². The van der Waals surface area contributed by atoms with Gasteiger partial charge in [0.2, 0.25) is 0 Å². The summed E-state index contributed by atoms with van der Waals surface area (Å²) in [5.74, 6) is -0.983. The minimum atomic E-state index is -0.655. The minimum Gasteiger partial charge on any atom is -0.485 e. The fraction of sp³-hybridized carbons (Fsp3) is 0.100. The monoisotopic (exact) mass is 378 g/mol. The molecule has 1 N–H and O–H groups in total. The molecule has 0 spiro atoms. The molecule has 140 valence electrons. The zero-order chi connectivity index (χ0) is 19.5. The van der Waals surface area contributed by atoms with E-state index in [1.807, 2.05) is 0 Å². The summed E-state index contributed by atoms with van der Waals surface area (Å²) >= 11 is 0. The number of ether oxygens (including phenoxy) is 1. The number of fused-ring (bicyclic) bond motifs is 1. The van der Waals surface area contributed by atoms with E-state index in [1.165, 1.54) is 24.7 Å². The summed E-state index contributed by atoms with van der Waals surface area (Å²) in [5, 5.41) is 2.66. The summed E-state index contributed by atoms with van der Waals surface area (Å²) in [5.41, 5.74) is 1.29. The number of hydrogen-bond donors (Lipinski definition) is 1. The van der Waals surface area contributed by atoms with Gasteiger partial charge in [0.1, 0.15) is 29.6 Å². The SMILES string of the molecule is O=C1Nc2ccccc2OC/C1=N\C(=O)c1cn(Cc2cccc(F)c2)cn1. The van der Waals surface area contributed by atoms with Crippen LogP contribution in [0.4, 0.5) is 10.1 Å². The average Bonchev–Trinajstić information content (AvgIpc) is 3.08. The van der Waals surface area contributed by atoms with Crippen molar-refractivity contribution >= 4 is 23.2 Å². The van der Waals surface area contributed by atoms with E-state index in [0.717, 1.165) is 5.56 Å². The van der Waals surface area contributed by atoms with Crippen LogP contribution in [0.25, 0.3) is 0 Å². The van der Waals surface area contributed by atoms with Crippen LogP contribution in [0, 0.1) is 5.82 Å². The van der Waals surface area contributed by atoms with Crippen LogP contribution in [0.2, 0.25) is 0 Å². The summed E-state index contributed by atoms with van der Waals surface area (Å²) in [7, 11) is 0. The predicted octanol–water partition coefficient (Wildman–Crippen LogP) is 2.68. The third-order valence-corrected chi connectivity index (χ3v) is 4.10. The Morgan fingerprint density at radius 2 is 2.11 bits per heavy atom. The molecular weight excluding hydrogens is 363 g/mol. The number of anilines is 1. The molecular formula is C20H15FN4O3. The maximum Gasteiger partial charge on any atom is 0.297 e. The van der Waals surface area contributed by atoms with Crippen LogP contribution in [-0.4, -0.2) is 33.7 Å². The highest BCUT2D eigenvalue weighted by atomic mass is 19.1. The summed E-state index contributed by atoms with van der Waals surface area (Å²) in [4.78, 5) is 32.6. The third-order valence-electron chi connectivity index (χ3n) is 4.10. The zero-order valence-electron chi connectivity index (χ0n) is 14.6. The number of imidazole rings is 1. The lowest BCUT2D eigenvalue weighted by molar-refractivity contribution is -0.110. The fourth-order valence-electron chi connectivity index (χ4n) is 2.77. The number of hydrogen-bond acceptors (Lipinski definition) is 4. The van der Waals surface area contributed by atoms with Crippen molar-refractivity contribution in [3.63, 3.8) is 0 Å². The van der Waals surface area contributed by atoms with Gasteiger partial charge in [-0.3, -0.25) is 9.59 Å². The number of nitrogens with one attached hydrogen (secondary N) is 1. The van der Waals surface area contributed by atoms with Gasteiger partial charge in [0.15, 0.2) is 0 Å². The molecule has 3 aromatic rings. The molecule has 0 atom stereocenters. The Balaban J connectivity index is 1.49. The molecule has 0 bridgehead atoms. The van der Waals surface area contributed by atoms with Crippen molar-refractivity contribution in [1.29, 1.82) is 0 Å². The van der Waals surface area contributed by atoms with Gasteiger partial charge in [-0.05, 0) is 29.8 Å². The second kappa shape index (κ2) is 7.43. The third kappa shape index (κ3) is 3.80. The summed E-state index contributed by atoms with van der Waals surface area (Å²) in [6.45, 7) is 0.228. The summed E-state index contributed by atoms with van der Waals surface area (Å²) in [6.07, 6.45) is 2.96. The number of nitrogens with zero attached hydrogens (tertiary/aromatic N) is 3. The van der Waals surface area contributed by atoms with Crippen molar-refractivity contribution in [1.82, 2.24) is 9.55 Å². The molecule has 2 amide bonds. The van der Waals surface area contributed by atoms with E-state index < -0.39 is 11.8 Å². The number of para-hydroxylation sites is 2. The number of aromatic nitrogens is 2. The molecule has 1 aromatic heterocycles. The highest BCUT2D eigenvalue weighted by Gasteiger charge is 2.21. The Kier molecular flexibility index (Phi) is 4.67. The average molecular weight is 378 g/mol. The number of rotatable bonds is 3. The van der Waals surface area contributed by atoms with Crippen LogP contribution >= 0.6 is 0 Å². The van der Waals surface area contributed by atoms with Crippen molar-refractivity contribution in [2.75, 3.05) is 11.9 Å². The van der Waals surface area contributed by atoms with Crippen LogP contribution in [0.1, 0.15) is 16.1 Å². The molecule has 28 heavy (non-hydrogen) atoms. The second-order valence-corrected chi connectivity index (χ2v) is 6.16. The number of carbonyl (C=O) groups is 2. The maximum absolute atomic E-state index is 13.3. The number of benzene rings is 2. The molecule has 2 aromatic carbocycles. The van der Waals surface area contributed by atoms with E-state index >= 15 is 0 Å². The van der Waals surface area contributed by atoms with Gasteiger partial charge in [0, 0.05) is 12.7 Å². The van der Waals surface area contributed by atoms with Crippen LogP contribution in [-0.2, 0) is 11.3 Å². The van der Waals surface area contributed by atoms with Gasteiger partial charge < -0.3 is 14.6 Å². The molecule has 0 saturated carbocycles. The van der Waals surface area contributed by atoms with Gasteiger partial charge in [0.05, 0.1) is 12.0 Å². The van der Waals surface area contributed by atoms with Crippen LogP contribution in [0.5, 0.6) is 5.75 Å². The van der Waals surface area contributed by atoms with Gasteiger partial charge >= 0.3 is 0 Å². The molecule has 7 nitrogen and oxygen atoms in total. The van der Waals surface area contributed by atoms with Gasteiger partial charge in [-0.25, -0.2) is 14.4 Å². The Bertz CT molecular complexity index is 1090. The van der Waals surface area contributed by atoms with E-state index in [4.69, 9.17) is 4.74 Å². The lowest BCUT2D eigenvalue weighted by Crippen LogP contribution is -2.26. The highest BCUT2D eigenvalue weighted by Crippen LogP contribution is 2.25. The van der Waals surface area contributed by atoms with Gasteiger partial charge in [0.25, 0.3) is 11.8 Å². The van der Waals surface area contributed by atoms with Crippen LogP contribution < -0.4 is 10.1 Å². The first-order valence-corrected chi connectivity index (χ1v) is 8.50. The zero-order valence-corrected chi connectivity index (χ0v) is 14.6. The van der Waals surface area contributed by atoms with Crippen molar-refractivity contribution in [2.24, 2.45) is 4.99 Å². The van der Waals surface area contributed by atoms with Crippen LogP contribution in [0.15, 0.2) is 66.0 Å². The Labute approximate surface area is 159 Å². The standard InChI is InChI=1S/C20H15FN4O3/c21-14-5-3-4-13(8-14)9-25-10-16(22-12-25)19(26)24-17-11-28-18-7-2-1-6-15(18)23-20(17)27/h1-8,10,12H,9,11H2,(H,23,27)/b24-17+. The van der Waals surface area contributed by atoms with Gasteiger partial charge in [-0.15, -0.1) is 0 Å². The quantitative estimate of drug-likeness (QED) is 0.759. The first kappa shape index (κ1) is 17.6. The number of halogens is 1. The largest absolute Gasteiger partial charge is 0.485 e.